The lowest BCUT2D eigenvalue weighted by Gasteiger charge is -2.31. The van der Waals surface area contributed by atoms with Gasteiger partial charge in [-0.25, -0.2) is 0 Å². The number of hydrogen-bond acceptors (Lipinski definition) is 4. The maximum absolute atomic E-state index is 12.7. The number of nitrogens with zero attached hydrogens (tertiary/aromatic N) is 1. The first-order chi connectivity index (χ1) is 14.0. The first-order valence-electron chi connectivity index (χ1n) is 9.86. The van der Waals surface area contributed by atoms with Crippen LogP contribution in [0.5, 0.6) is 11.5 Å². The molecule has 2 aromatic rings. The maximum Gasteiger partial charge on any atom is 0.227 e. The number of anilines is 1. The molecule has 6 heteroatoms. The molecular formula is C23H28N2O4. The topological polar surface area (TPSA) is 67.9 Å². The van der Waals surface area contributed by atoms with Crippen LogP contribution in [0.2, 0.25) is 0 Å². The fraction of sp³-hybridized carbons (Fsp3) is 0.391. The fourth-order valence-electron chi connectivity index (χ4n) is 3.53. The zero-order valence-corrected chi connectivity index (χ0v) is 17.2. The Bertz CT molecular complexity index is 856. The summed E-state index contributed by atoms with van der Waals surface area (Å²) in [4.78, 5) is 27.1. The highest BCUT2D eigenvalue weighted by Crippen LogP contribution is 2.30. The molecule has 1 aliphatic rings. The normalized spacial score (nSPS) is 14.4. The Balaban J connectivity index is 1.54. The van der Waals surface area contributed by atoms with Crippen LogP contribution in [0.1, 0.15) is 24.0 Å². The molecule has 0 atom stereocenters. The van der Waals surface area contributed by atoms with Crippen molar-refractivity contribution >= 4 is 17.5 Å². The van der Waals surface area contributed by atoms with Crippen molar-refractivity contribution in [3.63, 3.8) is 0 Å². The summed E-state index contributed by atoms with van der Waals surface area (Å²) in [6.07, 6.45) is 1.70. The molecule has 0 spiro atoms. The van der Waals surface area contributed by atoms with Gasteiger partial charge in [-0.2, -0.15) is 0 Å². The van der Waals surface area contributed by atoms with Crippen molar-refractivity contribution in [3.05, 3.63) is 53.6 Å². The summed E-state index contributed by atoms with van der Waals surface area (Å²) in [5, 5.41) is 2.95. The van der Waals surface area contributed by atoms with Gasteiger partial charge in [0.15, 0.2) is 0 Å². The predicted molar refractivity (Wildman–Crippen MR) is 112 cm³/mol. The lowest BCUT2D eigenvalue weighted by molar-refractivity contribution is -0.133. The number of benzene rings is 2. The Morgan fingerprint density at radius 1 is 1.03 bits per heavy atom. The Kier molecular flexibility index (Phi) is 6.75. The minimum atomic E-state index is -0.130. The molecule has 0 unspecified atom stereocenters. The molecule has 29 heavy (non-hydrogen) atoms. The first kappa shape index (κ1) is 20.7. The van der Waals surface area contributed by atoms with E-state index < -0.39 is 0 Å². The number of rotatable bonds is 6. The molecule has 1 aliphatic heterocycles. The maximum atomic E-state index is 12.7. The standard InChI is InChI=1S/C23H28N2O4/c1-16-4-6-17(7-5-16)14-22(26)25-12-10-18(11-13-25)23(27)24-20-15-19(28-2)8-9-21(20)29-3/h4-9,15,18H,10-14H2,1-3H3,(H,24,27). The van der Waals surface area contributed by atoms with Crippen molar-refractivity contribution in [1.82, 2.24) is 4.90 Å². The highest BCUT2D eigenvalue weighted by molar-refractivity contribution is 5.94. The van der Waals surface area contributed by atoms with Crippen LogP contribution in [0.15, 0.2) is 42.5 Å². The monoisotopic (exact) mass is 396 g/mol. The Morgan fingerprint density at radius 2 is 1.72 bits per heavy atom. The van der Waals surface area contributed by atoms with Gasteiger partial charge in [0, 0.05) is 25.1 Å². The zero-order chi connectivity index (χ0) is 20.8. The van der Waals surface area contributed by atoms with Crippen LogP contribution in [-0.4, -0.2) is 44.0 Å². The average Bonchev–Trinajstić information content (AvgIpc) is 2.75. The number of aryl methyl sites for hydroxylation is 1. The molecule has 0 bridgehead atoms. The number of nitrogens with one attached hydrogen (secondary N) is 1. The van der Waals surface area contributed by atoms with Crippen LogP contribution in [0.3, 0.4) is 0 Å². The van der Waals surface area contributed by atoms with Gasteiger partial charge in [-0.05, 0) is 37.5 Å². The van der Waals surface area contributed by atoms with Crippen molar-refractivity contribution < 1.29 is 19.1 Å². The van der Waals surface area contributed by atoms with E-state index in [1.165, 1.54) is 5.56 Å². The molecule has 1 heterocycles. The smallest absolute Gasteiger partial charge is 0.227 e. The second-order valence-electron chi connectivity index (χ2n) is 7.37. The quantitative estimate of drug-likeness (QED) is 0.812. The molecule has 1 saturated heterocycles. The van der Waals surface area contributed by atoms with Gasteiger partial charge < -0.3 is 19.7 Å². The summed E-state index contributed by atoms with van der Waals surface area (Å²) in [6, 6.07) is 13.3. The predicted octanol–water partition coefficient (Wildman–Crippen LogP) is 3.43. The third-order valence-electron chi connectivity index (χ3n) is 5.36. The molecule has 2 aromatic carbocycles. The summed E-state index contributed by atoms with van der Waals surface area (Å²) >= 11 is 0. The van der Waals surface area contributed by atoms with Gasteiger partial charge >= 0.3 is 0 Å². The summed E-state index contributed by atoms with van der Waals surface area (Å²) in [5.41, 5.74) is 2.79. The van der Waals surface area contributed by atoms with Crippen LogP contribution in [0.25, 0.3) is 0 Å². The number of carbonyl (C=O) groups is 2. The highest BCUT2D eigenvalue weighted by atomic mass is 16.5. The number of likely N-dealkylation sites (tertiary alicyclic amines) is 1. The number of hydrogen-bond donors (Lipinski definition) is 1. The van der Waals surface area contributed by atoms with Gasteiger partial charge in [0.05, 0.1) is 26.3 Å². The summed E-state index contributed by atoms with van der Waals surface area (Å²) < 4.78 is 10.5. The first-order valence-corrected chi connectivity index (χ1v) is 9.86. The van der Waals surface area contributed by atoms with Gasteiger partial charge in [-0.1, -0.05) is 29.8 Å². The molecule has 0 saturated carbocycles. The summed E-state index contributed by atoms with van der Waals surface area (Å²) in [5.74, 6) is 1.17. The average molecular weight is 396 g/mol. The second-order valence-corrected chi connectivity index (χ2v) is 7.37. The molecule has 6 nitrogen and oxygen atoms in total. The van der Waals surface area contributed by atoms with Crippen molar-refractivity contribution in [3.8, 4) is 11.5 Å². The van der Waals surface area contributed by atoms with E-state index in [2.05, 4.69) is 5.32 Å². The molecule has 154 valence electrons. The molecular weight excluding hydrogens is 368 g/mol. The van der Waals surface area contributed by atoms with E-state index in [1.807, 2.05) is 36.1 Å². The van der Waals surface area contributed by atoms with E-state index in [-0.39, 0.29) is 17.7 Å². The zero-order valence-electron chi connectivity index (χ0n) is 17.2. The number of carbonyl (C=O) groups excluding carboxylic acids is 2. The Hall–Kier alpha value is -3.02. The number of piperidine rings is 1. The third-order valence-corrected chi connectivity index (χ3v) is 5.36. The molecule has 3 rings (SSSR count). The summed E-state index contributed by atoms with van der Waals surface area (Å²) in [7, 11) is 3.15. The third kappa shape index (κ3) is 5.28. The lowest BCUT2D eigenvalue weighted by Crippen LogP contribution is -2.42. The van der Waals surface area contributed by atoms with E-state index >= 15 is 0 Å². The van der Waals surface area contributed by atoms with E-state index in [0.717, 1.165) is 5.56 Å². The van der Waals surface area contributed by atoms with E-state index in [1.54, 1.807) is 32.4 Å². The molecule has 1 N–H and O–H groups in total. The minimum absolute atomic E-state index is 0.0535. The van der Waals surface area contributed by atoms with Gasteiger partial charge in [0.25, 0.3) is 0 Å². The van der Waals surface area contributed by atoms with Crippen LogP contribution in [-0.2, 0) is 16.0 Å². The van der Waals surface area contributed by atoms with Crippen molar-refractivity contribution in [2.45, 2.75) is 26.2 Å². The van der Waals surface area contributed by atoms with Crippen molar-refractivity contribution in [2.24, 2.45) is 5.92 Å². The van der Waals surface area contributed by atoms with Gasteiger partial charge in [0.1, 0.15) is 11.5 Å². The molecule has 0 radical (unpaired) electrons. The molecule has 0 aliphatic carbocycles. The fourth-order valence-corrected chi connectivity index (χ4v) is 3.53. The number of amides is 2. The van der Waals surface area contributed by atoms with Crippen LogP contribution >= 0.6 is 0 Å². The van der Waals surface area contributed by atoms with Gasteiger partial charge in [0.2, 0.25) is 11.8 Å². The van der Waals surface area contributed by atoms with E-state index in [4.69, 9.17) is 9.47 Å². The van der Waals surface area contributed by atoms with Crippen LogP contribution in [0.4, 0.5) is 5.69 Å². The van der Waals surface area contributed by atoms with Crippen molar-refractivity contribution in [1.29, 1.82) is 0 Å². The SMILES string of the molecule is COc1ccc(OC)c(NC(=O)C2CCN(C(=O)Cc3ccc(C)cc3)CC2)c1. The number of ether oxygens (including phenoxy) is 2. The molecule has 0 aromatic heterocycles. The Labute approximate surface area is 171 Å². The molecule has 2 amide bonds. The van der Waals surface area contributed by atoms with Crippen LogP contribution in [0, 0.1) is 12.8 Å². The Morgan fingerprint density at radius 3 is 2.34 bits per heavy atom. The minimum Gasteiger partial charge on any atom is -0.497 e. The van der Waals surface area contributed by atoms with Crippen molar-refractivity contribution in [2.75, 3.05) is 32.6 Å². The van der Waals surface area contributed by atoms with Gasteiger partial charge in [-0.3, -0.25) is 9.59 Å². The largest absolute Gasteiger partial charge is 0.497 e. The van der Waals surface area contributed by atoms with Gasteiger partial charge in [-0.15, -0.1) is 0 Å². The highest BCUT2D eigenvalue weighted by Gasteiger charge is 2.28. The van der Waals surface area contributed by atoms with E-state index in [0.29, 0.717) is 49.5 Å². The second kappa shape index (κ2) is 9.45. The van der Waals surface area contributed by atoms with E-state index in [9.17, 15) is 9.59 Å². The van der Waals surface area contributed by atoms with Crippen LogP contribution < -0.4 is 14.8 Å². The molecule has 1 fully saturated rings. The number of methoxy groups -OCH3 is 2. The lowest BCUT2D eigenvalue weighted by atomic mass is 9.95. The summed E-state index contributed by atoms with van der Waals surface area (Å²) in [6.45, 7) is 3.22.